The molecule has 0 aliphatic heterocycles. The van der Waals surface area contributed by atoms with E-state index in [1.54, 1.807) is 12.1 Å². The maximum atomic E-state index is 8.86. The van der Waals surface area contributed by atoms with Gasteiger partial charge in [0.05, 0.1) is 11.6 Å². The van der Waals surface area contributed by atoms with E-state index in [0.717, 1.165) is 43.1 Å². The Morgan fingerprint density at radius 3 is 2.35 bits per heavy atom. The molecule has 1 aromatic heterocycles. The van der Waals surface area contributed by atoms with Crippen LogP contribution in [0.15, 0.2) is 30.3 Å². The van der Waals surface area contributed by atoms with Crippen molar-refractivity contribution in [1.82, 2.24) is 9.97 Å². The highest BCUT2D eigenvalue weighted by Gasteiger charge is 2.09. The Morgan fingerprint density at radius 2 is 1.78 bits per heavy atom. The van der Waals surface area contributed by atoms with Crippen LogP contribution in [0.4, 0.5) is 17.5 Å². The number of nitriles is 1. The van der Waals surface area contributed by atoms with Crippen LogP contribution in [-0.2, 0) is 6.42 Å². The summed E-state index contributed by atoms with van der Waals surface area (Å²) in [6.07, 6.45) is 1.98. The number of nitrogens with zero attached hydrogens (tertiary/aromatic N) is 4. The molecule has 0 fully saturated rings. The van der Waals surface area contributed by atoms with E-state index in [9.17, 15) is 0 Å². The lowest BCUT2D eigenvalue weighted by atomic mass is 10.2. The highest BCUT2D eigenvalue weighted by Crippen LogP contribution is 2.19. The normalized spacial score (nSPS) is 10.2. The molecule has 0 atom stereocenters. The molecule has 0 unspecified atom stereocenters. The van der Waals surface area contributed by atoms with Gasteiger partial charge in [0.25, 0.3) is 0 Å². The summed E-state index contributed by atoms with van der Waals surface area (Å²) < 4.78 is 0. The quantitative estimate of drug-likeness (QED) is 0.840. The minimum atomic E-state index is 0.600. The summed E-state index contributed by atoms with van der Waals surface area (Å²) in [6.45, 7) is 8.22. The van der Waals surface area contributed by atoms with E-state index in [4.69, 9.17) is 5.26 Å². The van der Waals surface area contributed by atoms with Crippen LogP contribution in [0.3, 0.4) is 0 Å². The molecule has 1 heterocycles. The Morgan fingerprint density at radius 1 is 1.09 bits per heavy atom. The van der Waals surface area contributed by atoms with Crippen LogP contribution in [0.5, 0.6) is 0 Å². The fourth-order valence-electron chi connectivity index (χ4n) is 2.39. The van der Waals surface area contributed by atoms with Crippen LogP contribution in [0, 0.1) is 11.3 Å². The van der Waals surface area contributed by atoms with Gasteiger partial charge in [-0.3, -0.25) is 0 Å². The van der Waals surface area contributed by atoms with Gasteiger partial charge >= 0.3 is 0 Å². The standard InChI is InChI=1S/C18H23N5/c1-4-7-16-12-17(23(5-2)6-3)22-18(21-16)20-15-10-8-14(13-19)9-11-15/h8-12H,4-7H2,1-3H3,(H,20,21,22). The topological polar surface area (TPSA) is 64.8 Å². The highest BCUT2D eigenvalue weighted by molar-refractivity contribution is 5.57. The monoisotopic (exact) mass is 309 g/mol. The van der Waals surface area contributed by atoms with Crippen molar-refractivity contribution >= 4 is 17.5 Å². The van der Waals surface area contributed by atoms with Gasteiger partial charge in [0.2, 0.25) is 5.95 Å². The van der Waals surface area contributed by atoms with Gasteiger partial charge in [-0.25, -0.2) is 4.98 Å². The first-order chi connectivity index (χ1) is 11.2. The highest BCUT2D eigenvalue weighted by atomic mass is 15.2. The number of hydrogen-bond acceptors (Lipinski definition) is 5. The minimum Gasteiger partial charge on any atom is -0.357 e. The molecule has 23 heavy (non-hydrogen) atoms. The van der Waals surface area contributed by atoms with E-state index >= 15 is 0 Å². The van der Waals surface area contributed by atoms with Crippen molar-refractivity contribution < 1.29 is 0 Å². The van der Waals surface area contributed by atoms with Crippen LogP contribution < -0.4 is 10.2 Å². The van der Waals surface area contributed by atoms with Crippen molar-refractivity contribution in [2.24, 2.45) is 0 Å². The predicted octanol–water partition coefficient (Wildman–Crippen LogP) is 3.89. The van der Waals surface area contributed by atoms with Crippen LogP contribution in [0.1, 0.15) is 38.4 Å². The Hall–Kier alpha value is -2.61. The van der Waals surface area contributed by atoms with Crippen molar-refractivity contribution in [3.8, 4) is 6.07 Å². The van der Waals surface area contributed by atoms with Crippen molar-refractivity contribution in [2.75, 3.05) is 23.3 Å². The van der Waals surface area contributed by atoms with Gasteiger partial charge in [-0.05, 0) is 44.5 Å². The number of rotatable bonds is 7. The molecule has 0 radical (unpaired) electrons. The van der Waals surface area contributed by atoms with Crippen molar-refractivity contribution in [3.63, 3.8) is 0 Å². The summed E-state index contributed by atoms with van der Waals surface area (Å²) >= 11 is 0. The van der Waals surface area contributed by atoms with E-state index in [2.05, 4.69) is 53.1 Å². The molecule has 0 bridgehead atoms. The molecule has 1 N–H and O–H groups in total. The van der Waals surface area contributed by atoms with Crippen LogP contribution in [0.25, 0.3) is 0 Å². The molecule has 1 aromatic carbocycles. The van der Waals surface area contributed by atoms with Crippen LogP contribution >= 0.6 is 0 Å². The molecule has 0 spiro atoms. The average Bonchev–Trinajstić information content (AvgIpc) is 2.57. The second kappa shape index (κ2) is 8.14. The maximum Gasteiger partial charge on any atom is 0.229 e. The number of anilines is 3. The van der Waals surface area contributed by atoms with Gasteiger partial charge in [0, 0.05) is 30.5 Å². The average molecular weight is 309 g/mol. The predicted molar refractivity (Wildman–Crippen MR) is 94.0 cm³/mol. The summed E-state index contributed by atoms with van der Waals surface area (Å²) in [5.74, 6) is 1.55. The first-order valence-electron chi connectivity index (χ1n) is 8.10. The van der Waals surface area contributed by atoms with E-state index in [1.807, 2.05) is 12.1 Å². The van der Waals surface area contributed by atoms with Gasteiger partial charge in [0.1, 0.15) is 5.82 Å². The number of aryl methyl sites for hydroxylation is 1. The fourth-order valence-corrected chi connectivity index (χ4v) is 2.39. The van der Waals surface area contributed by atoms with Crippen LogP contribution in [0.2, 0.25) is 0 Å². The molecule has 0 saturated heterocycles. The molecule has 120 valence electrons. The molecular formula is C18H23N5. The first-order valence-corrected chi connectivity index (χ1v) is 8.10. The van der Waals surface area contributed by atoms with E-state index in [1.165, 1.54) is 0 Å². The van der Waals surface area contributed by atoms with Gasteiger partial charge in [0.15, 0.2) is 0 Å². The smallest absolute Gasteiger partial charge is 0.229 e. The number of nitrogens with one attached hydrogen (secondary N) is 1. The summed E-state index contributed by atoms with van der Waals surface area (Å²) in [6, 6.07) is 11.5. The molecule has 0 saturated carbocycles. The Balaban J connectivity index is 2.30. The SMILES string of the molecule is CCCc1cc(N(CC)CC)nc(Nc2ccc(C#N)cc2)n1. The molecule has 5 heteroatoms. The van der Waals surface area contributed by atoms with Gasteiger partial charge in [-0.2, -0.15) is 10.2 Å². The number of hydrogen-bond donors (Lipinski definition) is 1. The van der Waals surface area contributed by atoms with E-state index in [-0.39, 0.29) is 0 Å². The number of aromatic nitrogens is 2. The second-order valence-corrected chi connectivity index (χ2v) is 5.28. The van der Waals surface area contributed by atoms with Crippen molar-refractivity contribution in [3.05, 3.63) is 41.6 Å². The van der Waals surface area contributed by atoms with Gasteiger partial charge in [-0.1, -0.05) is 13.3 Å². The third-order valence-electron chi connectivity index (χ3n) is 3.63. The van der Waals surface area contributed by atoms with Gasteiger partial charge < -0.3 is 10.2 Å². The lowest BCUT2D eigenvalue weighted by Crippen LogP contribution is -2.23. The Kier molecular flexibility index (Phi) is 5.93. The molecular weight excluding hydrogens is 286 g/mol. The van der Waals surface area contributed by atoms with Crippen molar-refractivity contribution in [1.29, 1.82) is 5.26 Å². The zero-order chi connectivity index (χ0) is 16.7. The van der Waals surface area contributed by atoms with Gasteiger partial charge in [-0.15, -0.1) is 0 Å². The fraction of sp³-hybridized carbons (Fsp3) is 0.389. The number of benzene rings is 1. The Bertz CT molecular complexity index is 669. The third kappa shape index (κ3) is 4.43. The van der Waals surface area contributed by atoms with E-state index in [0.29, 0.717) is 11.5 Å². The molecule has 0 aliphatic rings. The van der Waals surface area contributed by atoms with Crippen LogP contribution in [-0.4, -0.2) is 23.1 Å². The summed E-state index contributed by atoms with van der Waals surface area (Å²) in [5, 5.41) is 12.1. The lowest BCUT2D eigenvalue weighted by Gasteiger charge is -2.21. The Labute approximate surface area is 138 Å². The molecule has 0 amide bonds. The lowest BCUT2D eigenvalue weighted by molar-refractivity contribution is 0.824. The minimum absolute atomic E-state index is 0.600. The summed E-state index contributed by atoms with van der Waals surface area (Å²) in [7, 11) is 0. The molecule has 0 aliphatic carbocycles. The maximum absolute atomic E-state index is 8.86. The second-order valence-electron chi connectivity index (χ2n) is 5.28. The molecule has 5 nitrogen and oxygen atoms in total. The van der Waals surface area contributed by atoms with Crippen molar-refractivity contribution in [2.45, 2.75) is 33.6 Å². The first kappa shape index (κ1) is 16.8. The summed E-state index contributed by atoms with van der Waals surface area (Å²) in [5.41, 5.74) is 2.56. The third-order valence-corrected chi connectivity index (χ3v) is 3.63. The largest absolute Gasteiger partial charge is 0.357 e. The zero-order valence-electron chi connectivity index (χ0n) is 14.0. The summed E-state index contributed by atoms with van der Waals surface area (Å²) in [4.78, 5) is 11.4. The van der Waals surface area contributed by atoms with E-state index < -0.39 is 0 Å². The molecule has 2 rings (SSSR count). The molecule has 2 aromatic rings. The zero-order valence-corrected chi connectivity index (χ0v) is 14.0.